The van der Waals surface area contributed by atoms with E-state index >= 15 is 0 Å². The molecule has 0 saturated heterocycles. The van der Waals surface area contributed by atoms with Crippen LogP contribution < -0.4 is 0 Å². The predicted molar refractivity (Wildman–Crippen MR) is 98.8 cm³/mol. The first-order valence-electron chi connectivity index (χ1n) is 10.7. The third kappa shape index (κ3) is 2.41. The van der Waals surface area contributed by atoms with Gasteiger partial charge in [-0.05, 0) is 91.3 Å². The van der Waals surface area contributed by atoms with Crippen molar-refractivity contribution in [2.24, 2.45) is 46.3 Å². The molecule has 0 heterocycles. The molecule has 4 aliphatic rings. The fourth-order valence-corrected chi connectivity index (χ4v) is 8.29. The zero-order chi connectivity index (χ0) is 18.1. The van der Waals surface area contributed by atoms with Gasteiger partial charge in [-0.15, -0.1) is 0 Å². The third-order valence-corrected chi connectivity index (χ3v) is 9.64. The van der Waals surface area contributed by atoms with Gasteiger partial charge in [-0.1, -0.05) is 27.7 Å². The van der Waals surface area contributed by atoms with Crippen LogP contribution in [0.4, 0.5) is 0 Å². The van der Waals surface area contributed by atoms with E-state index in [1.807, 2.05) is 0 Å². The summed E-state index contributed by atoms with van der Waals surface area (Å²) < 4.78 is 0. The Balaban J connectivity index is 1.70. The van der Waals surface area contributed by atoms with Crippen molar-refractivity contribution in [3.8, 4) is 0 Å². The van der Waals surface area contributed by atoms with Crippen LogP contribution in [0.3, 0.4) is 0 Å². The summed E-state index contributed by atoms with van der Waals surface area (Å²) in [6.45, 7) is 9.32. The van der Waals surface area contributed by atoms with E-state index in [9.17, 15) is 15.3 Å². The molecule has 4 rings (SSSR count). The van der Waals surface area contributed by atoms with Crippen molar-refractivity contribution in [1.82, 2.24) is 0 Å². The lowest BCUT2D eigenvalue weighted by Gasteiger charge is -2.63. The molecule has 3 heteroatoms. The average Bonchev–Trinajstić information content (AvgIpc) is 2.89. The molecule has 4 aliphatic carbocycles. The Kier molecular flexibility index (Phi) is 4.34. The Morgan fingerprint density at radius 2 is 1.60 bits per heavy atom. The minimum atomic E-state index is -0.254. The summed E-state index contributed by atoms with van der Waals surface area (Å²) in [6, 6.07) is 0. The van der Waals surface area contributed by atoms with Crippen molar-refractivity contribution in [2.45, 2.75) is 91.0 Å². The summed E-state index contributed by atoms with van der Waals surface area (Å²) in [5, 5.41) is 32.6. The number of hydrogen-bond acceptors (Lipinski definition) is 3. The van der Waals surface area contributed by atoms with Crippen LogP contribution in [-0.4, -0.2) is 33.6 Å². The minimum absolute atomic E-state index is 0.0340. The van der Waals surface area contributed by atoms with Crippen LogP contribution in [0.1, 0.15) is 72.6 Å². The van der Waals surface area contributed by atoms with E-state index in [1.165, 1.54) is 6.42 Å². The Bertz CT molecular complexity index is 519. The van der Waals surface area contributed by atoms with Gasteiger partial charge in [-0.2, -0.15) is 0 Å². The van der Waals surface area contributed by atoms with Gasteiger partial charge in [0.1, 0.15) is 0 Å². The standard InChI is InChI=1S/C22H38O3/c1-12(2)15-5-6-16-20-17(11-19(25)22(15,16)4)21(3)8-7-14(23)9-13(21)10-18(20)24/h12-20,23-25H,5-11H2,1-4H3/t13-,14+,15+,16-,17-,18+,19-,20-,21-,22+/m0/s1. The number of aliphatic hydroxyl groups is 3. The first-order valence-corrected chi connectivity index (χ1v) is 10.7. The Labute approximate surface area is 153 Å². The molecule has 10 atom stereocenters. The molecular weight excluding hydrogens is 312 g/mol. The van der Waals surface area contributed by atoms with Crippen LogP contribution in [0.5, 0.6) is 0 Å². The fourth-order valence-electron chi connectivity index (χ4n) is 8.29. The molecule has 0 radical (unpaired) electrons. The summed E-state index contributed by atoms with van der Waals surface area (Å²) in [5.41, 5.74) is 0.148. The molecular formula is C22H38O3. The van der Waals surface area contributed by atoms with E-state index in [4.69, 9.17) is 0 Å². The normalized spacial score (nSPS) is 58.6. The largest absolute Gasteiger partial charge is 0.393 e. The van der Waals surface area contributed by atoms with Gasteiger partial charge in [0.05, 0.1) is 18.3 Å². The number of hydrogen-bond donors (Lipinski definition) is 3. The van der Waals surface area contributed by atoms with Crippen LogP contribution in [0.25, 0.3) is 0 Å². The van der Waals surface area contributed by atoms with E-state index in [2.05, 4.69) is 27.7 Å². The highest BCUT2D eigenvalue weighted by atomic mass is 16.3. The highest BCUT2D eigenvalue weighted by Gasteiger charge is 2.65. The monoisotopic (exact) mass is 350 g/mol. The zero-order valence-corrected chi connectivity index (χ0v) is 16.5. The lowest BCUT2D eigenvalue weighted by Crippen LogP contribution is -2.62. The van der Waals surface area contributed by atoms with Crippen LogP contribution >= 0.6 is 0 Å². The predicted octanol–water partition coefficient (Wildman–Crippen LogP) is 3.60. The van der Waals surface area contributed by atoms with Crippen molar-refractivity contribution in [1.29, 1.82) is 0 Å². The van der Waals surface area contributed by atoms with E-state index in [1.54, 1.807) is 0 Å². The minimum Gasteiger partial charge on any atom is -0.393 e. The molecule has 0 aliphatic heterocycles. The maximum Gasteiger partial charge on any atom is 0.0602 e. The Hall–Kier alpha value is -0.120. The average molecular weight is 351 g/mol. The molecule has 0 aromatic heterocycles. The number of fused-ring (bicyclic) bond motifs is 5. The van der Waals surface area contributed by atoms with Gasteiger partial charge in [0, 0.05) is 0 Å². The van der Waals surface area contributed by atoms with Gasteiger partial charge in [0.25, 0.3) is 0 Å². The number of rotatable bonds is 1. The van der Waals surface area contributed by atoms with Crippen molar-refractivity contribution in [3.05, 3.63) is 0 Å². The van der Waals surface area contributed by atoms with E-state index in [0.717, 1.165) is 38.5 Å². The van der Waals surface area contributed by atoms with Crippen molar-refractivity contribution < 1.29 is 15.3 Å². The summed E-state index contributed by atoms with van der Waals surface area (Å²) in [7, 11) is 0. The maximum absolute atomic E-state index is 11.3. The molecule has 0 aromatic carbocycles. The zero-order valence-electron chi connectivity index (χ0n) is 16.5. The van der Waals surface area contributed by atoms with Gasteiger partial charge < -0.3 is 15.3 Å². The highest BCUT2D eigenvalue weighted by molar-refractivity contribution is 5.14. The van der Waals surface area contributed by atoms with Gasteiger partial charge in [-0.25, -0.2) is 0 Å². The SMILES string of the molecule is CC(C)[C@H]1CC[C@H]2[C@@H]3[C@H](O)C[C@@H]4C[C@H](O)CC[C@]4(C)[C@H]3C[C@H](O)[C@]12C. The molecule has 144 valence electrons. The molecule has 0 spiro atoms. The van der Waals surface area contributed by atoms with Crippen molar-refractivity contribution >= 4 is 0 Å². The number of aliphatic hydroxyl groups excluding tert-OH is 3. The smallest absolute Gasteiger partial charge is 0.0602 e. The second kappa shape index (κ2) is 5.94. The summed E-state index contributed by atoms with van der Waals surface area (Å²) in [5.74, 6) is 2.77. The van der Waals surface area contributed by atoms with Crippen LogP contribution in [0.2, 0.25) is 0 Å². The third-order valence-electron chi connectivity index (χ3n) is 9.64. The van der Waals surface area contributed by atoms with Gasteiger partial charge in [0.2, 0.25) is 0 Å². The molecule has 3 N–H and O–H groups in total. The van der Waals surface area contributed by atoms with Gasteiger partial charge in [0.15, 0.2) is 0 Å². The molecule has 0 aromatic rings. The Morgan fingerprint density at radius 3 is 2.28 bits per heavy atom. The first kappa shape index (κ1) is 18.3. The van der Waals surface area contributed by atoms with Crippen molar-refractivity contribution in [3.63, 3.8) is 0 Å². The summed E-state index contributed by atoms with van der Waals surface area (Å²) >= 11 is 0. The molecule has 25 heavy (non-hydrogen) atoms. The van der Waals surface area contributed by atoms with E-state index < -0.39 is 0 Å². The molecule has 4 fully saturated rings. The van der Waals surface area contributed by atoms with E-state index in [0.29, 0.717) is 35.5 Å². The summed E-state index contributed by atoms with van der Waals surface area (Å²) in [6.07, 6.45) is 6.14. The van der Waals surface area contributed by atoms with Crippen LogP contribution in [0, 0.1) is 46.3 Å². The quantitative estimate of drug-likeness (QED) is 0.677. The maximum atomic E-state index is 11.3. The molecule has 3 nitrogen and oxygen atoms in total. The van der Waals surface area contributed by atoms with Gasteiger partial charge >= 0.3 is 0 Å². The van der Waals surface area contributed by atoms with Gasteiger partial charge in [-0.3, -0.25) is 0 Å². The second-order valence-electron chi connectivity index (χ2n) is 10.8. The Morgan fingerprint density at radius 1 is 0.880 bits per heavy atom. The molecule has 0 unspecified atom stereocenters. The lowest BCUT2D eigenvalue weighted by molar-refractivity contribution is -0.206. The lowest BCUT2D eigenvalue weighted by atomic mass is 9.43. The second-order valence-corrected chi connectivity index (χ2v) is 10.8. The van der Waals surface area contributed by atoms with Crippen molar-refractivity contribution in [2.75, 3.05) is 0 Å². The van der Waals surface area contributed by atoms with Crippen LogP contribution in [-0.2, 0) is 0 Å². The summed E-state index contributed by atoms with van der Waals surface area (Å²) in [4.78, 5) is 0. The topological polar surface area (TPSA) is 60.7 Å². The highest BCUT2D eigenvalue weighted by Crippen LogP contribution is 2.68. The van der Waals surface area contributed by atoms with Crippen LogP contribution in [0.15, 0.2) is 0 Å². The molecule has 0 bridgehead atoms. The fraction of sp³-hybridized carbons (Fsp3) is 1.00. The molecule has 4 saturated carbocycles. The molecule has 0 amide bonds. The first-order chi connectivity index (χ1) is 11.7. The van der Waals surface area contributed by atoms with E-state index in [-0.39, 0.29) is 29.1 Å².